The first-order chi connectivity index (χ1) is 2.00. The van der Waals surface area contributed by atoms with E-state index in [-0.39, 0.29) is 25.8 Å². The van der Waals surface area contributed by atoms with Gasteiger partial charge in [-0.05, 0) is 0 Å². The maximum Gasteiger partial charge on any atom is 3.00 e. The Balaban J connectivity index is 0. The zero-order chi connectivity index (χ0) is 4.50. The summed E-state index contributed by atoms with van der Waals surface area (Å²) in [6.45, 7) is 0. The fraction of sp³-hybridized carbons (Fsp3) is 0. The topological polar surface area (TPSA) is 46.1 Å². The Hall–Kier alpha value is 1.79. The van der Waals surface area contributed by atoms with Crippen molar-refractivity contribution in [1.82, 2.24) is 0 Å². The Morgan fingerprint density at radius 2 is 1.50 bits per heavy atom. The molecule has 0 saturated carbocycles. The van der Waals surface area contributed by atoms with Crippen molar-refractivity contribution in [3.8, 4) is 0 Å². The van der Waals surface area contributed by atoms with Crippen molar-refractivity contribution in [2.24, 2.45) is 0 Å². The molecule has 32 valence electrons. The Labute approximate surface area is 65.1 Å². The molecule has 2 nitrogen and oxygen atoms in total. The molecule has 0 aliphatic carbocycles. The van der Waals surface area contributed by atoms with Crippen LogP contribution in [0.1, 0.15) is 0 Å². The summed E-state index contributed by atoms with van der Waals surface area (Å²) < 4.78 is 0. The SMILES string of the molecule is [In+3].[O-]P([O-])(=S)[S-]. The van der Waals surface area contributed by atoms with Crippen LogP contribution in [0.5, 0.6) is 0 Å². The van der Waals surface area contributed by atoms with E-state index < -0.39 is 5.69 Å². The Kier molecular flexibility index (Phi) is 6.70. The fourth-order valence-electron chi connectivity index (χ4n) is 0. The van der Waals surface area contributed by atoms with Crippen molar-refractivity contribution in [3.63, 3.8) is 0 Å². The summed E-state index contributed by atoms with van der Waals surface area (Å²) in [4.78, 5) is 18.6. The van der Waals surface area contributed by atoms with Gasteiger partial charge in [0.1, 0.15) is 0 Å². The van der Waals surface area contributed by atoms with Crippen LogP contribution in [-0.4, -0.2) is 25.8 Å². The maximum absolute atomic E-state index is 9.29. The fourth-order valence-corrected chi connectivity index (χ4v) is 0. The third kappa shape index (κ3) is 41.5. The summed E-state index contributed by atoms with van der Waals surface area (Å²) in [6, 6.07) is 0. The van der Waals surface area contributed by atoms with E-state index in [2.05, 4.69) is 24.1 Å². The van der Waals surface area contributed by atoms with Crippen molar-refractivity contribution in [1.29, 1.82) is 0 Å². The zero-order valence-electron chi connectivity index (χ0n) is 2.66. The smallest absolute Gasteiger partial charge is 0.850 e. The molecule has 0 fully saturated rings. The molecule has 0 N–H and O–H groups in total. The van der Waals surface area contributed by atoms with Gasteiger partial charge in [0.2, 0.25) is 0 Å². The Bertz CT molecular complexity index is 57.7. The van der Waals surface area contributed by atoms with Gasteiger partial charge in [0.05, 0.1) is 0 Å². The van der Waals surface area contributed by atoms with Gasteiger partial charge in [0.25, 0.3) is 0 Å². The van der Waals surface area contributed by atoms with Crippen molar-refractivity contribution in [3.05, 3.63) is 0 Å². The molecule has 0 rings (SSSR count). The summed E-state index contributed by atoms with van der Waals surface area (Å²) in [6.07, 6.45) is 0. The molecule has 0 atom stereocenters. The molecular weight excluding hydrogens is 242 g/mol. The quantitative estimate of drug-likeness (QED) is 0.367. The van der Waals surface area contributed by atoms with E-state index in [1.807, 2.05) is 0 Å². The Morgan fingerprint density at radius 1 is 1.50 bits per heavy atom. The second-order valence-electron chi connectivity index (χ2n) is 0.447. The summed E-state index contributed by atoms with van der Waals surface area (Å²) in [5, 5.41) is 0. The number of hydrogen-bond donors (Lipinski definition) is 0. The molecule has 0 heterocycles. The maximum atomic E-state index is 9.29. The molecule has 0 aromatic heterocycles. The van der Waals surface area contributed by atoms with Gasteiger partial charge in [-0.25, -0.2) is 0 Å². The molecular formula is InO2PS2. The third-order valence-corrected chi connectivity index (χ3v) is 0. The van der Waals surface area contributed by atoms with Crippen molar-refractivity contribution in [2.75, 3.05) is 0 Å². The monoisotopic (exact) mass is 242 g/mol. The second kappa shape index (κ2) is 3.75. The van der Waals surface area contributed by atoms with Gasteiger partial charge in [-0.2, -0.15) is 11.8 Å². The first-order valence-electron chi connectivity index (χ1n) is 0.730. The molecule has 0 saturated heterocycles. The van der Waals surface area contributed by atoms with E-state index >= 15 is 0 Å². The van der Waals surface area contributed by atoms with Gasteiger partial charge in [0.15, 0.2) is 0 Å². The Morgan fingerprint density at radius 3 is 1.50 bits per heavy atom. The van der Waals surface area contributed by atoms with Crippen molar-refractivity contribution < 1.29 is 9.79 Å². The predicted octanol–water partition coefficient (Wildman–Crippen LogP) is -1.90. The van der Waals surface area contributed by atoms with E-state index in [1.165, 1.54) is 0 Å². The second-order valence-corrected chi connectivity index (χ2v) is 4.92. The molecule has 0 radical (unpaired) electrons. The van der Waals surface area contributed by atoms with Gasteiger partial charge in [-0.15, -0.1) is 0 Å². The zero-order valence-corrected chi connectivity index (χ0v) is 8.48. The predicted molar refractivity (Wildman–Crippen MR) is 27.4 cm³/mol. The first-order valence-corrected chi connectivity index (χ1v) is 4.38. The molecule has 0 bridgehead atoms. The number of hydrogen-bond acceptors (Lipinski definition) is 4. The van der Waals surface area contributed by atoms with Crippen LogP contribution in [0.25, 0.3) is 0 Å². The van der Waals surface area contributed by atoms with Crippen LogP contribution in [0.15, 0.2) is 0 Å². The largest absolute Gasteiger partial charge is 3.00 e. The van der Waals surface area contributed by atoms with Gasteiger partial charge in [0, 0.05) is 0 Å². The van der Waals surface area contributed by atoms with Crippen LogP contribution in [-0.2, 0) is 24.1 Å². The first kappa shape index (κ1) is 10.7. The normalized spacial score (nSPS) is 9.83. The van der Waals surface area contributed by atoms with Crippen LogP contribution in [0.2, 0.25) is 0 Å². The molecule has 0 spiro atoms. The van der Waals surface area contributed by atoms with Crippen LogP contribution in [0.3, 0.4) is 0 Å². The minimum Gasteiger partial charge on any atom is -0.850 e. The van der Waals surface area contributed by atoms with E-state index in [0.717, 1.165) is 0 Å². The van der Waals surface area contributed by atoms with Crippen LogP contribution >= 0.6 is 5.69 Å². The van der Waals surface area contributed by atoms with Crippen LogP contribution in [0.4, 0.5) is 0 Å². The molecule has 0 aromatic carbocycles. The molecule has 6 heavy (non-hydrogen) atoms. The average molecular weight is 242 g/mol. The van der Waals surface area contributed by atoms with E-state index in [4.69, 9.17) is 0 Å². The molecule has 0 aliphatic rings. The van der Waals surface area contributed by atoms with Gasteiger partial charge in [-0.1, -0.05) is 0 Å². The van der Waals surface area contributed by atoms with Crippen LogP contribution in [0, 0.1) is 0 Å². The molecule has 6 heteroatoms. The van der Waals surface area contributed by atoms with Crippen molar-refractivity contribution >= 4 is 55.6 Å². The summed E-state index contributed by atoms with van der Waals surface area (Å²) >= 11 is 7.28. The minimum atomic E-state index is -3.72. The van der Waals surface area contributed by atoms with Gasteiger partial charge < -0.3 is 27.7 Å². The van der Waals surface area contributed by atoms with Crippen LogP contribution < -0.4 is 9.79 Å². The number of rotatable bonds is 0. The summed E-state index contributed by atoms with van der Waals surface area (Å²) in [5.41, 5.74) is -3.72. The average Bonchev–Trinajstić information content (AvgIpc) is 0.722. The van der Waals surface area contributed by atoms with E-state index in [9.17, 15) is 9.79 Å². The molecule has 0 amide bonds. The summed E-state index contributed by atoms with van der Waals surface area (Å²) in [7, 11) is 0. The van der Waals surface area contributed by atoms with E-state index in [0.29, 0.717) is 0 Å². The summed E-state index contributed by atoms with van der Waals surface area (Å²) in [5.74, 6) is 0. The molecule has 0 aliphatic heterocycles. The van der Waals surface area contributed by atoms with Gasteiger partial charge in [-0.3, -0.25) is 0 Å². The van der Waals surface area contributed by atoms with Gasteiger partial charge >= 0.3 is 25.8 Å². The molecule has 0 unspecified atom stereocenters. The van der Waals surface area contributed by atoms with Crippen molar-refractivity contribution in [2.45, 2.75) is 0 Å². The molecule has 0 aromatic rings. The minimum absolute atomic E-state index is 0. The standard InChI is InChI=1S/In.H3O2PS2/c;1-3(2,4)5/h;(H3,1,2,4,5)/q+3;/p-3. The third-order valence-electron chi connectivity index (χ3n) is 0. The van der Waals surface area contributed by atoms with E-state index in [1.54, 1.807) is 0 Å².